The van der Waals surface area contributed by atoms with E-state index >= 15 is 0 Å². The molecule has 0 saturated carbocycles. The molecule has 0 atom stereocenters. The number of anilines is 6. The summed E-state index contributed by atoms with van der Waals surface area (Å²) in [5.41, 5.74) is 3.71. The number of ether oxygens (including phenoxy) is 2. The summed E-state index contributed by atoms with van der Waals surface area (Å²) in [6, 6.07) is 7.51. The fourth-order valence-electron chi connectivity index (χ4n) is 6.11. The van der Waals surface area contributed by atoms with Crippen LogP contribution in [0.2, 0.25) is 10.0 Å². The normalized spacial score (nSPS) is 11.8. The summed E-state index contributed by atoms with van der Waals surface area (Å²) in [6.07, 6.45) is 0. The van der Waals surface area contributed by atoms with Gasteiger partial charge in [0.2, 0.25) is 11.9 Å². The topological polar surface area (TPSA) is 183 Å². The van der Waals surface area contributed by atoms with E-state index < -0.39 is 0 Å². The van der Waals surface area contributed by atoms with Gasteiger partial charge in [-0.3, -0.25) is 0 Å². The number of halogens is 2. The number of methoxy groups -OCH3 is 2. The first-order valence-corrected chi connectivity index (χ1v) is 23.6. The van der Waals surface area contributed by atoms with Gasteiger partial charge in [-0.05, 0) is 62.9 Å². The zero-order chi connectivity index (χ0) is 42.3. The Kier molecular flexibility index (Phi) is 14.5. The van der Waals surface area contributed by atoms with E-state index in [1.54, 1.807) is 14.2 Å². The summed E-state index contributed by atoms with van der Waals surface area (Å²) in [6.45, 7) is 11.2. The van der Waals surface area contributed by atoms with Gasteiger partial charge in [-0.25, -0.2) is 0 Å². The van der Waals surface area contributed by atoms with E-state index in [1.165, 1.54) is 57.5 Å². The molecule has 5 aromatic heterocycles. The summed E-state index contributed by atoms with van der Waals surface area (Å²) >= 11 is 19.6. The van der Waals surface area contributed by atoms with Crippen LogP contribution in [-0.4, -0.2) is 81.6 Å². The number of hydrogen-bond donors (Lipinski definition) is 3. The molecule has 0 bridgehead atoms. The number of aliphatic hydroxyl groups excluding tert-OH is 1. The number of thioether (sulfide) groups is 1. The van der Waals surface area contributed by atoms with E-state index in [0.717, 1.165) is 58.0 Å². The van der Waals surface area contributed by atoms with Crippen LogP contribution in [0.4, 0.5) is 56.0 Å². The number of thiophene rings is 2. The Morgan fingerprint density at radius 2 is 1.13 bits per heavy atom. The van der Waals surface area contributed by atoms with Crippen molar-refractivity contribution in [1.29, 1.82) is 0 Å². The molecule has 3 N–H and O–H groups in total. The van der Waals surface area contributed by atoms with Crippen LogP contribution < -0.4 is 29.9 Å². The number of nitrogens with one attached hydrogen (secondary N) is 2. The Morgan fingerprint density at radius 3 is 1.53 bits per heavy atom. The standard InChI is InChI=1S/C37H39Cl2N13O3S5/c1-7-51(8-2)25-13-21(23(15-27(25)54-5)45-47-31-29-19(38)17-57-33(29)49-59-31)40-35-42-36(44-37(43-35)56-12-11-53)41-22-14-26(52(9-3)10-4)28(55-6)16-24(22)46-48-32-30-20(39)18-58-34(30)50-60-32/h13-18,53H,7-12H2,1-6H3,(H2,40,41,42,43,44). The third-order valence-electron chi connectivity index (χ3n) is 9.04. The van der Waals surface area contributed by atoms with Gasteiger partial charge in [0.15, 0.2) is 15.2 Å². The predicted molar refractivity (Wildman–Crippen MR) is 251 cm³/mol. The van der Waals surface area contributed by atoms with Gasteiger partial charge in [-0.1, -0.05) is 35.0 Å². The summed E-state index contributed by atoms with van der Waals surface area (Å²) in [7, 11) is 3.24. The highest BCUT2D eigenvalue weighted by Gasteiger charge is 2.21. The van der Waals surface area contributed by atoms with E-state index in [1.807, 2.05) is 35.0 Å². The molecule has 0 saturated heterocycles. The number of hydrogen-bond acceptors (Lipinski definition) is 21. The number of nitrogens with zero attached hydrogens (tertiary/aromatic N) is 11. The highest BCUT2D eigenvalue weighted by atomic mass is 35.5. The fourth-order valence-corrected chi connectivity index (χ4v) is 10.8. The zero-order valence-electron chi connectivity index (χ0n) is 33.2. The summed E-state index contributed by atoms with van der Waals surface area (Å²) in [5, 5.41) is 42.9. The van der Waals surface area contributed by atoms with Crippen molar-refractivity contribution in [3.05, 3.63) is 45.1 Å². The maximum Gasteiger partial charge on any atom is 0.233 e. The van der Waals surface area contributed by atoms with Gasteiger partial charge in [0.1, 0.15) is 32.5 Å². The molecule has 0 unspecified atom stereocenters. The minimum Gasteiger partial charge on any atom is -0.494 e. The van der Waals surface area contributed by atoms with Crippen molar-refractivity contribution in [3.63, 3.8) is 0 Å². The van der Waals surface area contributed by atoms with Crippen LogP contribution in [0, 0.1) is 0 Å². The van der Waals surface area contributed by atoms with Crippen molar-refractivity contribution in [2.75, 3.05) is 73.2 Å². The number of benzene rings is 2. The molecule has 2 aromatic carbocycles. The Bertz CT molecular complexity index is 2490. The van der Waals surface area contributed by atoms with Crippen LogP contribution in [0.3, 0.4) is 0 Å². The van der Waals surface area contributed by atoms with Crippen LogP contribution in [0.15, 0.2) is 60.6 Å². The molecule has 0 radical (unpaired) electrons. The first kappa shape index (κ1) is 43.6. The molecule has 5 heterocycles. The lowest BCUT2D eigenvalue weighted by atomic mass is 10.2. The molecule has 7 rings (SSSR count). The molecule has 0 aliphatic heterocycles. The van der Waals surface area contributed by atoms with Gasteiger partial charge in [0, 0.05) is 54.8 Å². The molecule has 0 spiro atoms. The third kappa shape index (κ3) is 9.37. The van der Waals surface area contributed by atoms with E-state index in [-0.39, 0.29) is 18.5 Å². The first-order chi connectivity index (χ1) is 29.2. The van der Waals surface area contributed by atoms with Crippen molar-refractivity contribution in [3.8, 4) is 11.5 Å². The highest BCUT2D eigenvalue weighted by Crippen LogP contribution is 2.46. The van der Waals surface area contributed by atoms with Crippen LogP contribution in [0.25, 0.3) is 20.4 Å². The van der Waals surface area contributed by atoms with Crippen LogP contribution in [-0.2, 0) is 0 Å². The lowest BCUT2D eigenvalue weighted by molar-refractivity contribution is 0.322. The minimum atomic E-state index is -0.0770. The van der Waals surface area contributed by atoms with Crippen molar-refractivity contribution < 1.29 is 14.6 Å². The van der Waals surface area contributed by atoms with Gasteiger partial charge < -0.3 is 35.0 Å². The summed E-state index contributed by atoms with van der Waals surface area (Å²) in [5.74, 6) is 2.00. The van der Waals surface area contributed by atoms with Gasteiger partial charge in [-0.2, -0.15) is 23.7 Å². The number of aliphatic hydroxyl groups is 1. The lowest BCUT2D eigenvalue weighted by Crippen LogP contribution is -2.22. The average molecular weight is 945 g/mol. The highest BCUT2D eigenvalue weighted by molar-refractivity contribution is 7.99. The van der Waals surface area contributed by atoms with E-state index in [4.69, 9.17) is 47.6 Å². The van der Waals surface area contributed by atoms with Gasteiger partial charge in [0.05, 0.1) is 64.4 Å². The van der Waals surface area contributed by atoms with Crippen molar-refractivity contribution >= 4 is 157 Å². The largest absolute Gasteiger partial charge is 0.494 e. The SMILES string of the molecule is CCN(CC)c1cc(Nc2nc(Nc3cc(N(CC)CC)c(OC)cc3N=Nc3snc4scc(Cl)c34)nc(SCCO)n2)c(N=Nc2snc3scc(Cl)c23)cc1OC. The number of azo groups is 2. The zero-order valence-corrected chi connectivity index (χ0v) is 38.8. The van der Waals surface area contributed by atoms with Crippen molar-refractivity contribution in [2.45, 2.75) is 32.9 Å². The smallest absolute Gasteiger partial charge is 0.233 e. The van der Waals surface area contributed by atoms with Gasteiger partial charge in [0.25, 0.3) is 0 Å². The Balaban J connectivity index is 1.32. The summed E-state index contributed by atoms with van der Waals surface area (Å²) in [4.78, 5) is 20.2. The molecular formula is C37H39Cl2N13O3S5. The number of fused-ring (bicyclic) bond motifs is 2. The predicted octanol–water partition coefficient (Wildman–Crippen LogP) is 12.6. The maximum atomic E-state index is 9.76. The third-order valence-corrected chi connectivity index (χ3v) is 14.2. The van der Waals surface area contributed by atoms with Gasteiger partial charge >= 0.3 is 0 Å². The molecular weight excluding hydrogens is 906 g/mol. The molecule has 314 valence electrons. The van der Waals surface area contributed by atoms with Crippen LogP contribution in [0.1, 0.15) is 27.7 Å². The second-order valence-corrected chi connectivity index (χ2v) is 17.5. The maximum absolute atomic E-state index is 9.76. The molecule has 0 fully saturated rings. The Morgan fingerprint density at radius 1 is 0.683 bits per heavy atom. The van der Waals surface area contributed by atoms with Crippen molar-refractivity contribution in [1.82, 2.24) is 23.7 Å². The Hall–Kier alpha value is -4.48. The molecule has 7 aromatic rings. The van der Waals surface area contributed by atoms with E-state index in [9.17, 15) is 5.11 Å². The van der Waals surface area contributed by atoms with Crippen LogP contribution >= 0.6 is 80.7 Å². The van der Waals surface area contributed by atoms with Crippen LogP contribution in [0.5, 0.6) is 11.5 Å². The molecule has 16 nitrogen and oxygen atoms in total. The average Bonchev–Trinajstić information content (AvgIpc) is 4.05. The van der Waals surface area contributed by atoms with E-state index in [0.29, 0.717) is 65.2 Å². The second kappa shape index (κ2) is 19.9. The number of rotatable bonds is 19. The molecule has 60 heavy (non-hydrogen) atoms. The molecule has 23 heteroatoms. The number of aromatic nitrogens is 5. The monoisotopic (exact) mass is 943 g/mol. The first-order valence-electron chi connectivity index (χ1n) is 18.6. The van der Waals surface area contributed by atoms with Crippen molar-refractivity contribution in [2.24, 2.45) is 20.5 Å². The lowest BCUT2D eigenvalue weighted by Gasteiger charge is -2.25. The van der Waals surface area contributed by atoms with E-state index in [2.05, 4.69) is 77.3 Å². The fraction of sp³-hybridized carbons (Fsp3) is 0.324. The molecule has 0 amide bonds. The second-order valence-electron chi connectivity index (χ2n) is 12.4. The summed E-state index contributed by atoms with van der Waals surface area (Å²) < 4.78 is 20.7. The molecule has 0 aliphatic carbocycles. The Labute approximate surface area is 376 Å². The quantitative estimate of drug-likeness (QED) is 0.0515. The molecule has 0 aliphatic rings. The minimum absolute atomic E-state index is 0.0770. The van der Waals surface area contributed by atoms with Gasteiger partial charge in [-0.15, -0.1) is 43.1 Å².